The zero-order chi connectivity index (χ0) is 31.5. The van der Waals surface area contributed by atoms with E-state index in [1.807, 2.05) is 25.2 Å². The standard InChI is InChI=1S/C42H26N2S.C2H6/c1-4-16-38-31(11-1)32-12-2-5-17-39(32)44(38)29-20-22-37-36(25-29)35-15-8-14-30(42(35)43-37)28-10-7-9-26(23-28)27-19-21-34-33-13-3-6-18-40(33)45-41(34)24-27;1-2/h1-25,43H;1-2H3. The van der Waals surface area contributed by atoms with Gasteiger partial charge in [-0.05, 0) is 65.2 Å². The number of hydrogen-bond acceptors (Lipinski definition) is 1. The van der Waals surface area contributed by atoms with E-state index >= 15 is 0 Å². The third-order valence-electron chi connectivity index (χ3n) is 9.34. The van der Waals surface area contributed by atoms with Crippen LogP contribution in [0.15, 0.2) is 152 Å². The van der Waals surface area contributed by atoms with Gasteiger partial charge >= 0.3 is 0 Å². The topological polar surface area (TPSA) is 20.7 Å². The number of thiophene rings is 1. The summed E-state index contributed by atoms with van der Waals surface area (Å²) in [4.78, 5) is 3.78. The summed E-state index contributed by atoms with van der Waals surface area (Å²) in [5.41, 5.74) is 10.8. The number of aromatic nitrogens is 2. The van der Waals surface area contributed by atoms with Gasteiger partial charge in [0.05, 0.1) is 16.6 Å². The second-order valence-electron chi connectivity index (χ2n) is 11.8. The molecule has 224 valence electrons. The molecule has 0 saturated heterocycles. The Labute approximate surface area is 277 Å². The van der Waals surface area contributed by atoms with Crippen LogP contribution in [-0.4, -0.2) is 9.55 Å². The van der Waals surface area contributed by atoms with Crippen LogP contribution in [0.5, 0.6) is 0 Å². The normalized spacial score (nSPS) is 11.6. The largest absolute Gasteiger partial charge is 0.354 e. The van der Waals surface area contributed by atoms with Crippen molar-refractivity contribution in [2.45, 2.75) is 13.8 Å². The van der Waals surface area contributed by atoms with Gasteiger partial charge in [-0.2, -0.15) is 0 Å². The highest BCUT2D eigenvalue weighted by Crippen LogP contribution is 2.39. The van der Waals surface area contributed by atoms with E-state index in [1.165, 1.54) is 86.2 Å². The fourth-order valence-electron chi connectivity index (χ4n) is 7.26. The van der Waals surface area contributed by atoms with E-state index in [-0.39, 0.29) is 0 Å². The SMILES string of the molecule is CC.c1cc(-c2ccc3c(c2)sc2ccccc23)cc(-c2cccc3c2[nH]c2ccc(-n4c5ccccc5c5ccccc54)cc23)c1. The molecule has 10 rings (SSSR count). The fraction of sp³-hybridized carbons (Fsp3) is 0.0455. The molecule has 0 aliphatic heterocycles. The maximum absolute atomic E-state index is 3.78. The lowest BCUT2D eigenvalue weighted by molar-refractivity contribution is 1.19. The van der Waals surface area contributed by atoms with Crippen LogP contribution in [0.3, 0.4) is 0 Å². The Balaban J connectivity index is 0.00000149. The maximum atomic E-state index is 3.78. The maximum Gasteiger partial charge on any atom is 0.0544 e. The minimum atomic E-state index is 1.15. The van der Waals surface area contributed by atoms with Gasteiger partial charge in [0.25, 0.3) is 0 Å². The second kappa shape index (κ2) is 11.0. The lowest BCUT2D eigenvalue weighted by atomic mass is 9.97. The summed E-state index contributed by atoms with van der Waals surface area (Å²) in [5, 5.41) is 7.70. The van der Waals surface area contributed by atoms with Crippen molar-refractivity contribution in [2.24, 2.45) is 0 Å². The Hall–Kier alpha value is -5.64. The molecular formula is C44H32N2S. The summed E-state index contributed by atoms with van der Waals surface area (Å²) >= 11 is 1.87. The molecule has 0 fully saturated rings. The molecular weight excluding hydrogens is 589 g/mol. The minimum absolute atomic E-state index is 1.15. The molecule has 0 aliphatic carbocycles. The van der Waals surface area contributed by atoms with Gasteiger partial charge in [0, 0.05) is 58.5 Å². The van der Waals surface area contributed by atoms with Crippen molar-refractivity contribution in [3.63, 3.8) is 0 Å². The van der Waals surface area contributed by atoms with Crippen molar-refractivity contribution in [1.29, 1.82) is 0 Å². The van der Waals surface area contributed by atoms with Gasteiger partial charge in [-0.25, -0.2) is 0 Å². The highest BCUT2D eigenvalue weighted by Gasteiger charge is 2.15. The molecule has 3 heteroatoms. The summed E-state index contributed by atoms with van der Waals surface area (Å²) in [6.07, 6.45) is 0. The number of nitrogens with one attached hydrogen (secondary N) is 1. The lowest BCUT2D eigenvalue weighted by Crippen LogP contribution is -1.93. The van der Waals surface area contributed by atoms with Gasteiger partial charge in [-0.1, -0.05) is 117 Å². The molecule has 0 unspecified atom stereocenters. The molecule has 0 radical (unpaired) electrons. The van der Waals surface area contributed by atoms with Crippen LogP contribution in [0, 0.1) is 0 Å². The first-order chi connectivity index (χ1) is 23.3. The van der Waals surface area contributed by atoms with Crippen LogP contribution in [0.4, 0.5) is 0 Å². The smallest absolute Gasteiger partial charge is 0.0544 e. The van der Waals surface area contributed by atoms with Gasteiger partial charge in [-0.3, -0.25) is 0 Å². The zero-order valence-electron chi connectivity index (χ0n) is 26.3. The average Bonchev–Trinajstić information content (AvgIpc) is 3.81. The summed E-state index contributed by atoms with van der Waals surface area (Å²) in [7, 11) is 0. The van der Waals surface area contributed by atoms with Crippen LogP contribution < -0.4 is 0 Å². The van der Waals surface area contributed by atoms with Crippen molar-refractivity contribution >= 4 is 75.1 Å². The Morgan fingerprint density at radius 3 is 1.89 bits per heavy atom. The Bertz CT molecular complexity index is 2720. The molecule has 0 aliphatic rings. The van der Waals surface area contributed by atoms with E-state index < -0.39 is 0 Å². The van der Waals surface area contributed by atoms with Crippen molar-refractivity contribution in [2.75, 3.05) is 0 Å². The Kier molecular flexibility index (Phi) is 6.48. The van der Waals surface area contributed by atoms with Crippen molar-refractivity contribution in [3.05, 3.63) is 152 Å². The van der Waals surface area contributed by atoms with Gasteiger partial charge in [-0.15, -0.1) is 11.3 Å². The molecule has 10 aromatic rings. The number of H-pyrrole nitrogens is 1. The van der Waals surface area contributed by atoms with Crippen molar-refractivity contribution < 1.29 is 0 Å². The zero-order valence-corrected chi connectivity index (χ0v) is 27.1. The number of hydrogen-bond donors (Lipinski definition) is 1. The molecule has 0 saturated carbocycles. The third kappa shape index (κ3) is 4.31. The molecule has 7 aromatic carbocycles. The Morgan fingerprint density at radius 1 is 0.447 bits per heavy atom. The monoisotopic (exact) mass is 620 g/mol. The van der Waals surface area contributed by atoms with Crippen LogP contribution >= 0.6 is 11.3 Å². The molecule has 1 N–H and O–H groups in total. The summed E-state index contributed by atoms with van der Waals surface area (Å²) in [5.74, 6) is 0. The quantitative estimate of drug-likeness (QED) is 0.203. The highest BCUT2D eigenvalue weighted by molar-refractivity contribution is 7.25. The number of nitrogens with zero attached hydrogens (tertiary/aromatic N) is 1. The predicted molar refractivity (Wildman–Crippen MR) is 205 cm³/mol. The number of benzene rings is 7. The molecule has 3 heterocycles. The molecule has 47 heavy (non-hydrogen) atoms. The van der Waals surface area contributed by atoms with Crippen LogP contribution in [-0.2, 0) is 0 Å². The lowest BCUT2D eigenvalue weighted by Gasteiger charge is -2.08. The second-order valence-corrected chi connectivity index (χ2v) is 12.9. The van der Waals surface area contributed by atoms with E-state index in [1.54, 1.807) is 0 Å². The summed E-state index contributed by atoms with van der Waals surface area (Å²) in [6.45, 7) is 4.00. The van der Waals surface area contributed by atoms with E-state index in [4.69, 9.17) is 0 Å². The molecule has 2 nitrogen and oxygen atoms in total. The first-order valence-electron chi connectivity index (χ1n) is 16.4. The Morgan fingerprint density at radius 2 is 1.09 bits per heavy atom. The predicted octanol–water partition coefficient (Wildman–Crippen LogP) is 13.1. The van der Waals surface area contributed by atoms with E-state index in [9.17, 15) is 0 Å². The number of aromatic amines is 1. The van der Waals surface area contributed by atoms with E-state index in [0.717, 1.165) is 5.52 Å². The van der Waals surface area contributed by atoms with Crippen molar-refractivity contribution in [1.82, 2.24) is 9.55 Å². The number of rotatable bonds is 3. The molecule has 0 bridgehead atoms. The molecule has 0 amide bonds. The van der Waals surface area contributed by atoms with Crippen LogP contribution in [0.25, 0.3) is 91.7 Å². The van der Waals surface area contributed by atoms with E-state index in [2.05, 4.69) is 161 Å². The third-order valence-corrected chi connectivity index (χ3v) is 10.5. The van der Waals surface area contributed by atoms with Crippen LogP contribution in [0.2, 0.25) is 0 Å². The summed E-state index contributed by atoms with van der Waals surface area (Å²) in [6, 6.07) is 55.4. The molecule has 0 atom stereocenters. The van der Waals surface area contributed by atoms with Gasteiger partial charge < -0.3 is 9.55 Å². The molecule has 3 aromatic heterocycles. The van der Waals surface area contributed by atoms with E-state index in [0.29, 0.717) is 0 Å². The van der Waals surface area contributed by atoms with Gasteiger partial charge in [0.1, 0.15) is 0 Å². The van der Waals surface area contributed by atoms with Gasteiger partial charge in [0.15, 0.2) is 0 Å². The first kappa shape index (κ1) is 27.7. The molecule has 0 spiro atoms. The van der Waals surface area contributed by atoms with Crippen molar-refractivity contribution in [3.8, 4) is 27.9 Å². The minimum Gasteiger partial charge on any atom is -0.354 e. The van der Waals surface area contributed by atoms with Gasteiger partial charge in [0.2, 0.25) is 0 Å². The fourth-order valence-corrected chi connectivity index (χ4v) is 8.41. The summed E-state index contributed by atoms with van der Waals surface area (Å²) < 4.78 is 5.06. The number of para-hydroxylation sites is 3. The highest BCUT2D eigenvalue weighted by atomic mass is 32.1. The number of fused-ring (bicyclic) bond motifs is 9. The average molecular weight is 621 g/mol. The van der Waals surface area contributed by atoms with Crippen LogP contribution in [0.1, 0.15) is 13.8 Å². The first-order valence-corrected chi connectivity index (χ1v) is 17.2.